The Morgan fingerprint density at radius 1 is 0.445 bits per heavy atom. The van der Waals surface area contributed by atoms with Crippen molar-refractivity contribution in [3.8, 4) is 0 Å². The van der Waals surface area contributed by atoms with Gasteiger partial charge in [-0.1, -0.05) is 132 Å². The second-order valence-corrected chi connectivity index (χ2v) is 49.5. The Hall–Kier alpha value is -6.30. The summed E-state index contributed by atoms with van der Waals surface area (Å²) in [5, 5.41) is 118. The minimum absolute atomic E-state index is 0.00581. The molecule has 0 aliphatic heterocycles. The lowest BCUT2D eigenvalue weighted by Crippen LogP contribution is -2.70. The van der Waals surface area contributed by atoms with Gasteiger partial charge in [-0.15, -0.1) is 0 Å². The molecule has 0 aromatic rings. The summed E-state index contributed by atoms with van der Waals surface area (Å²) in [7, 11) is 0. The molecule has 0 heterocycles. The van der Waals surface area contributed by atoms with Crippen LogP contribution in [0.3, 0.4) is 0 Å². The predicted molar refractivity (Wildman–Crippen MR) is 500 cm³/mol. The van der Waals surface area contributed by atoms with Crippen LogP contribution in [0.5, 0.6) is 0 Å². The molecule has 0 bridgehead atoms. The first-order valence-electron chi connectivity index (χ1n) is 51.4. The van der Waals surface area contributed by atoms with E-state index in [4.69, 9.17) is 4.74 Å². The van der Waals surface area contributed by atoms with Gasteiger partial charge in [-0.05, 0) is 312 Å². The monoisotopic (exact) mass is 1910 g/mol. The zero-order valence-corrected chi connectivity index (χ0v) is 82.9. The molecular formula is C111H152F4O22. The maximum atomic E-state index is 17.0. The third-order valence-electron chi connectivity index (χ3n) is 43.5. The molecule has 0 saturated heterocycles. The fourth-order valence-corrected chi connectivity index (χ4v) is 37.4. The number of esters is 1. The SMILES string of the molecule is C=C1C=C2[C@@H](F)C[C@H]3[C@@H]4C[C@@H](C)[C@](O)(C(C)=O)[C@@]4(C)C[C@H](O)[C@]3(F)[C@@]2(C)CC1.CC(=O)OCC(=O)[C@H]1[C@H](C)CC2C3C[C@H](F)C4=CC(=O)CC[C@]4(C)C3[C@@H](O)C[C@@]21C.C[C@@H]1CC2C3C[C@H](F)C4=CC(=O)C=C[C@]4(C)C3[C@@H](O)C[C@]2(C)[C@H]1C(=O)CO.C[C@]12C=CC(=O)C=C1CCC1C2[C@@H](O)C[C@@]2(C)C1CC[C@]2(O)C(=O)CO.C[C@]12CCC(=O)C=C1CCC1C2[C@@H](O)C[C@@]2(C)C1CC[C@]2(O)C(=O)CO. The number of carbonyl (C=O) groups is 10. The highest BCUT2D eigenvalue weighted by molar-refractivity contribution is 6.02. The van der Waals surface area contributed by atoms with Gasteiger partial charge in [-0.25, -0.2) is 17.6 Å². The van der Waals surface area contributed by atoms with Gasteiger partial charge >= 0.3 is 5.97 Å². The number of alkyl halides is 4. The lowest BCUT2D eigenvalue weighted by atomic mass is 9.43. The number of aliphatic hydroxyl groups excluding tert-OH is 8. The molecule has 0 spiro atoms. The molecule has 12 unspecified atom stereocenters. The Bertz CT molecular complexity index is 5170. The second-order valence-electron chi connectivity index (χ2n) is 49.5. The van der Waals surface area contributed by atoms with Crippen LogP contribution < -0.4 is 0 Å². The van der Waals surface area contributed by atoms with Gasteiger partial charge in [0.15, 0.2) is 52.0 Å². The van der Waals surface area contributed by atoms with Crippen molar-refractivity contribution in [2.45, 2.75) is 336 Å². The van der Waals surface area contributed by atoms with Crippen LogP contribution in [0, 0.1) is 167 Å². The minimum atomic E-state index is -1.98. The standard InChI is InChI=1S/C24H33FO5.C23H32F2O3.C22H29FO4.C21H30O5.C21H28O5/c1-12-7-16-15-9-18(25)17-8-14(27)5-6-23(17,3)22(15)19(28)10-24(16,4)21(12)20(29)11-30-13(2)26;1-12-6-7-20(4)17(8-12)18(24)10-16-15-9-13(2)23(28,14(3)26)21(15,5)11-19(27)22(16,20)25;1-11-6-14-13-8-16(23)15-7-12(25)4-5-21(15,2)20(13)17(26)9-22(14,3)19(11)18(27)10-24;2*1-19-7-5-13(23)9-12(19)3-4-14-15-6-8-21(26,17(25)11-22)20(15,2)10-16(24)18(14)19/h8,12,15-16,18-19,21-22,28H,5-7,9-11H2,1-4H3;8,13,15-16,18-19,27-28H,1,6-7,9-11H2,2-5H3;4-5,7,11,13-14,16-17,19-20,24,26H,6,8-10H2,1-3H3;9,14-16,18,22,24,26H,3-8,10-11H2,1-2H3;5,7,9,14-16,18,22,24,26H,3-4,6,8,10-11H2,1-2H3/t12-,15?,16?,18+,19+,21-,22?,23+,24+;13-,15+,16+,18+,19+,20+,21+,22+,23+;11-,13?,14?,16+,17+,19-,20?,21+,22+;2*14?,15?,16-,18?,19-,20-,21-/m11100/s1. The highest BCUT2D eigenvalue weighted by Crippen LogP contribution is 2.76. The summed E-state index contributed by atoms with van der Waals surface area (Å²) >= 11 is 0. The van der Waals surface area contributed by atoms with Crippen LogP contribution in [-0.2, 0) is 52.7 Å². The maximum Gasteiger partial charge on any atom is 0.303 e. The molecule has 0 amide bonds. The van der Waals surface area contributed by atoms with Crippen molar-refractivity contribution in [2.75, 3.05) is 26.4 Å². The van der Waals surface area contributed by atoms with Gasteiger partial charge in [0.25, 0.3) is 0 Å². The fourth-order valence-electron chi connectivity index (χ4n) is 37.4. The molecule has 0 radical (unpaired) electrons. The highest BCUT2D eigenvalue weighted by atomic mass is 19.2. The number of hydrogen-bond acceptors (Lipinski definition) is 22. The number of rotatable bonds is 10. The summed E-state index contributed by atoms with van der Waals surface area (Å²) in [5.74, 6) is -3.34. The maximum absolute atomic E-state index is 17.0. The van der Waals surface area contributed by atoms with Crippen LogP contribution in [0.25, 0.3) is 0 Å². The fraction of sp³-hybridized carbons (Fsp3) is 0.766. The number of carbonyl (C=O) groups excluding carboxylic acids is 10. The van der Waals surface area contributed by atoms with E-state index in [0.717, 1.165) is 68.9 Å². The van der Waals surface area contributed by atoms with E-state index in [0.29, 0.717) is 100 Å². The molecule has 0 aromatic heterocycles. The summed E-state index contributed by atoms with van der Waals surface area (Å²) in [6.45, 7) is 30.1. The van der Waals surface area contributed by atoms with E-state index >= 15 is 17.6 Å². The third-order valence-corrected chi connectivity index (χ3v) is 43.5. The van der Waals surface area contributed by atoms with Gasteiger partial charge in [0.05, 0.1) is 30.5 Å². The van der Waals surface area contributed by atoms with E-state index in [1.807, 2.05) is 61.5 Å². The molecule has 20 aliphatic carbocycles. The van der Waals surface area contributed by atoms with Gasteiger partial charge in [0.2, 0.25) is 0 Å². The molecule has 11 N–H and O–H groups in total. The summed E-state index contributed by atoms with van der Waals surface area (Å²) < 4.78 is 67.8. The molecule has 22 nitrogen and oxygen atoms in total. The molecule has 26 heteroatoms. The van der Waals surface area contributed by atoms with Gasteiger partial charge < -0.3 is 60.9 Å². The van der Waals surface area contributed by atoms with Gasteiger partial charge in [-0.3, -0.25) is 47.9 Å². The molecular weight excluding hydrogens is 1760 g/mol. The van der Waals surface area contributed by atoms with Crippen LogP contribution in [0.4, 0.5) is 17.6 Å². The van der Waals surface area contributed by atoms with Crippen molar-refractivity contribution >= 4 is 58.0 Å². The first-order valence-corrected chi connectivity index (χ1v) is 51.4. The summed E-state index contributed by atoms with van der Waals surface area (Å²) in [5.41, 5.74) is -8.22. The number of ether oxygens (including phenoxy) is 1. The van der Waals surface area contributed by atoms with Crippen molar-refractivity contribution in [3.05, 3.63) is 94.7 Å². The third kappa shape index (κ3) is 15.1. The minimum Gasteiger partial charge on any atom is -0.458 e. The summed E-state index contributed by atoms with van der Waals surface area (Å²) in [4.78, 5) is 121. The number of Topliss-reactive ketones (excluding diaryl/α,β-unsaturated/α-hetero) is 5. The van der Waals surface area contributed by atoms with Gasteiger partial charge in [0, 0.05) is 81.8 Å². The van der Waals surface area contributed by atoms with Crippen molar-refractivity contribution in [1.29, 1.82) is 0 Å². The topological polar surface area (TPSA) is 402 Å². The van der Waals surface area contributed by atoms with Gasteiger partial charge in [-0.2, -0.15) is 0 Å². The molecule has 20 rings (SSSR count). The molecule has 20 aliphatic rings. The van der Waals surface area contributed by atoms with E-state index in [-0.39, 0.29) is 184 Å². The Morgan fingerprint density at radius 2 is 0.912 bits per heavy atom. The smallest absolute Gasteiger partial charge is 0.303 e. The zero-order chi connectivity index (χ0) is 100. The lowest BCUT2D eigenvalue weighted by Gasteiger charge is -2.64. The number of allylic oxidation sites excluding steroid dienone is 13. The molecule has 15 saturated carbocycles. The molecule has 756 valence electrons. The lowest BCUT2D eigenvalue weighted by molar-refractivity contribution is -0.232. The van der Waals surface area contributed by atoms with E-state index in [1.54, 1.807) is 44.2 Å². The average Bonchev–Trinajstić information content (AvgIpc) is 1.57. The number of aliphatic hydroxyl groups is 11. The number of ketones is 9. The average molecular weight is 1910 g/mol. The Labute approximate surface area is 803 Å². The van der Waals surface area contributed by atoms with Crippen molar-refractivity contribution in [3.63, 3.8) is 0 Å². The van der Waals surface area contributed by atoms with E-state index in [2.05, 4.69) is 27.4 Å². The van der Waals surface area contributed by atoms with E-state index in [9.17, 15) is 104 Å². The highest BCUT2D eigenvalue weighted by Gasteiger charge is 2.78. The van der Waals surface area contributed by atoms with Crippen molar-refractivity contribution in [2.24, 2.45) is 167 Å². The van der Waals surface area contributed by atoms with Crippen LogP contribution in [-0.4, -0.2) is 212 Å². The van der Waals surface area contributed by atoms with Crippen LogP contribution in [0.2, 0.25) is 0 Å². The normalized spacial score (nSPS) is 51.0. The van der Waals surface area contributed by atoms with Gasteiger partial charge in [0.1, 0.15) is 67.4 Å². The van der Waals surface area contributed by atoms with E-state index in [1.165, 1.54) is 37.6 Å². The summed E-state index contributed by atoms with van der Waals surface area (Å²) in [6.07, 6.45) is 20.5. The first-order chi connectivity index (χ1) is 63.8. The molecule has 41 atom stereocenters. The Balaban J connectivity index is 0.000000124. The van der Waals surface area contributed by atoms with Crippen molar-refractivity contribution in [1.82, 2.24) is 0 Å². The Kier molecular flexibility index (Phi) is 26.9. The molecule has 0 aromatic carbocycles. The first kappa shape index (κ1) is 104. The van der Waals surface area contributed by atoms with Crippen LogP contribution in [0.1, 0.15) is 264 Å². The molecule has 137 heavy (non-hydrogen) atoms. The van der Waals surface area contributed by atoms with Crippen LogP contribution in [0.15, 0.2) is 94.7 Å². The summed E-state index contributed by atoms with van der Waals surface area (Å²) in [6, 6.07) is 0. The van der Waals surface area contributed by atoms with Crippen LogP contribution >= 0.6 is 0 Å². The van der Waals surface area contributed by atoms with E-state index < -0.39 is 158 Å². The van der Waals surface area contributed by atoms with Crippen molar-refractivity contribution < 1.29 is 126 Å². The number of halogens is 4. The Morgan fingerprint density at radius 3 is 1.46 bits per heavy atom. The predicted octanol–water partition coefficient (Wildman–Crippen LogP) is 13.5. The number of hydrogen-bond donors (Lipinski definition) is 11. The zero-order valence-electron chi connectivity index (χ0n) is 82.9. The largest absolute Gasteiger partial charge is 0.458 e. The number of fused-ring (bicyclic) bond motifs is 25. The quantitative estimate of drug-likeness (QED) is 0.0715. The second kappa shape index (κ2) is 35.6. The molecule has 15 fully saturated rings.